The minimum absolute atomic E-state index is 0.285. The number of piperidine rings is 1. The van der Waals surface area contributed by atoms with Crippen molar-refractivity contribution in [3.8, 4) is 0 Å². The molecule has 2 saturated heterocycles. The van der Waals surface area contributed by atoms with Crippen LogP contribution in [0, 0.1) is 17.8 Å². The maximum atomic E-state index is 6.24. The summed E-state index contributed by atoms with van der Waals surface area (Å²) in [6, 6.07) is 0. The van der Waals surface area contributed by atoms with Gasteiger partial charge >= 0.3 is 0 Å². The topological polar surface area (TPSA) is 12.5 Å². The molecule has 0 radical (unpaired) electrons. The second-order valence-electron chi connectivity index (χ2n) is 6.02. The summed E-state index contributed by atoms with van der Waals surface area (Å²) in [6.07, 6.45) is 5.41. The fraction of sp³-hybridized carbons (Fsp3) is 1.00. The first-order chi connectivity index (χ1) is 7.21. The van der Waals surface area contributed by atoms with Crippen LogP contribution in [0.2, 0.25) is 0 Å². The van der Waals surface area contributed by atoms with Crippen molar-refractivity contribution in [2.45, 2.75) is 38.2 Å². The molecule has 0 aromatic heterocycles. The SMILES string of the molecule is CC1CCC2COC3(CCN(C)CC3)C12. The number of hydrogen-bond donors (Lipinski definition) is 0. The van der Waals surface area contributed by atoms with Gasteiger partial charge in [-0.15, -0.1) is 0 Å². The van der Waals surface area contributed by atoms with Crippen molar-refractivity contribution in [2.75, 3.05) is 26.7 Å². The van der Waals surface area contributed by atoms with Crippen LogP contribution < -0.4 is 0 Å². The third kappa shape index (κ3) is 1.45. The lowest BCUT2D eigenvalue weighted by molar-refractivity contribution is -0.0725. The summed E-state index contributed by atoms with van der Waals surface area (Å²) in [5.41, 5.74) is 0.285. The Labute approximate surface area is 93.0 Å². The molecular formula is C13H23NO. The van der Waals surface area contributed by atoms with Crippen molar-refractivity contribution in [3.63, 3.8) is 0 Å². The van der Waals surface area contributed by atoms with Crippen LogP contribution >= 0.6 is 0 Å². The molecule has 3 fully saturated rings. The smallest absolute Gasteiger partial charge is 0.0741 e. The quantitative estimate of drug-likeness (QED) is 0.606. The maximum Gasteiger partial charge on any atom is 0.0741 e. The molecule has 0 bridgehead atoms. The molecule has 0 amide bonds. The van der Waals surface area contributed by atoms with E-state index in [0.717, 1.165) is 24.4 Å². The molecule has 2 nitrogen and oxygen atoms in total. The van der Waals surface area contributed by atoms with Gasteiger partial charge in [-0.25, -0.2) is 0 Å². The van der Waals surface area contributed by atoms with Crippen LogP contribution in [0.4, 0.5) is 0 Å². The predicted molar refractivity (Wildman–Crippen MR) is 60.8 cm³/mol. The largest absolute Gasteiger partial charge is 0.374 e. The van der Waals surface area contributed by atoms with Crippen LogP contribution in [0.5, 0.6) is 0 Å². The number of likely N-dealkylation sites (tertiary alicyclic amines) is 1. The van der Waals surface area contributed by atoms with E-state index in [9.17, 15) is 0 Å². The molecule has 1 saturated carbocycles. The predicted octanol–water partition coefficient (Wildman–Crippen LogP) is 2.14. The maximum absolute atomic E-state index is 6.24. The zero-order chi connectivity index (χ0) is 10.5. The molecule has 0 aromatic rings. The van der Waals surface area contributed by atoms with Gasteiger partial charge in [0.25, 0.3) is 0 Å². The van der Waals surface area contributed by atoms with Gasteiger partial charge in [0, 0.05) is 13.1 Å². The zero-order valence-electron chi connectivity index (χ0n) is 10.0. The van der Waals surface area contributed by atoms with E-state index >= 15 is 0 Å². The summed E-state index contributed by atoms with van der Waals surface area (Å²) < 4.78 is 6.24. The van der Waals surface area contributed by atoms with Crippen molar-refractivity contribution >= 4 is 0 Å². The van der Waals surface area contributed by atoms with Gasteiger partial charge in [0.15, 0.2) is 0 Å². The summed E-state index contributed by atoms with van der Waals surface area (Å²) in [5, 5.41) is 0. The van der Waals surface area contributed by atoms with E-state index in [4.69, 9.17) is 4.74 Å². The Morgan fingerprint density at radius 3 is 2.67 bits per heavy atom. The lowest BCUT2D eigenvalue weighted by Gasteiger charge is -2.42. The molecule has 0 N–H and O–H groups in total. The fourth-order valence-electron chi connectivity index (χ4n) is 4.28. The van der Waals surface area contributed by atoms with Crippen molar-refractivity contribution < 1.29 is 4.74 Å². The molecule has 2 heterocycles. The standard InChI is InChI=1S/C13H23NO/c1-10-3-4-11-9-15-13(12(10)11)5-7-14(2)8-6-13/h10-12H,3-9H2,1-2H3. The number of nitrogens with zero attached hydrogens (tertiary/aromatic N) is 1. The van der Waals surface area contributed by atoms with Crippen LogP contribution in [-0.4, -0.2) is 37.2 Å². The Hall–Kier alpha value is -0.0800. The molecule has 3 aliphatic rings. The summed E-state index contributed by atoms with van der Waals surface area (Å²) in [7, 11) is 2.23. The second-order valence-corrected chi connectivity index (χ2v) is 6.02. The van der Waals surface area contributed by atoms with Crippen LogP contribution in [0.3, 0.4) is 0 Å². The van der Waals surface area contributed by atoms with Crippen molar-refractivity contribution in [1.82, 2.24) is 4.90 Å². The van der Waals surface area contributed by atoms with Gasteiger partial charge in [0.2, 0.25) is 0 Å². The average Bonchev–Trinajstić information content (AvgIpc) is 2.76. The molecule has 3 rings (SSSR count). The molecule has 2 aliphatic heterocycles. The highest BCUT2D eigenvalue weighted by Crippen LogP contribution is 2.53. The number of fused-ring (bicyclic) bond motifs is 2. The highest BCUT2D eigenvalue weighted by molar-refractivity contribution is 5.04. The molecule has 15 heavy (non-hydrogen) atoms. The first-order valence-electron chi connectivity index (χ1n) is 6.54. The summed E-state index contributed by atoms with van der Waals surface area (Å²) in [6.45, 7) is 5.96. The summed E-state index contributed by atoms with van der Waals surface area (Å²) >= 11 is 0. The van der Waals surface area contributed by atoms with E-state index in [1.807, 2.05) is 0 Å². The Kier molecular flexibility index (Phi) is 2.33. The minimum atomic E-state index is 0.285. The Bertz CT molecular complexity index is 245. The molecule has 2 heteroatoms. The van der Waals surface area contributed by atoms with Crippen molar-refractivity contribution in [2.24, 2.45) is 17.8 Å². The molecule has 86 valence electrons. The monoisotopic (exact) mass is 209 g/mol. The lowest BCUT2D eigenvalue weighted by atomic mass is 9.73. The fourth-order valence-corrected chi connectivity index (χ4v) is 4.28. The van der Waals surface area contributed by atoms with Gasteiger partial charge < -0.3 is 9.64 Å². The van der Waals surface area contributed by atoms with Gasteiger partial charge in [0.1, 0.15) is 0 Å². The summed E-state index contributed by atoms with van der Waals surface area (Å²) in [4.78, 5) is 2.45. The van der Waals surface area contributed by atoms with E-state index in [1.54, 1.807) is 0 Å². The molecule has 1 aliphatic carbocycles. The number of hydrogen-bond acceptors (Lipinski definition) is 2. The van der Waals surface area contributed by atoms with Gasteiger partial charge in [0.05, 0.1) is 12.2 Å². The average molecular weight is 209 g/mol. The third-order valence-electron chi connectivity index (χ3n) is 5.14. The third-order valence-corrected chi connectivity index (χ3v) is 5.14. The lowest BCUT2D eigenvalue weighted by Crippen LogP contribution is -2.47. The van der Waals surface area contributed by atoms with Crippen LogP contribution in [-0.2, 0) is 4.74 Å². The minimum Gasteiger partial charge on any atom is -0.374 e. The Morgan fingerprint density at radius 2 is 1.93 bits per heavy atom. The van der Waals surface area contributed by atoms with E-state index in [1.165, 1.54) is 38.8 Å². The first-order valence-corrected chi connectivity index (χ1v) is 6.54. The normalized spacial score (nSPS) is 44.8. The Morgan fingerprint density at radius 1 is 1.20 bits per heavy atom. The molecule has 0 aromatic carbocycles. The van der Waals surface area contributed by atoms with Gasteiger partial charge in [-0.1, -0.05) is 6.92 Å². The highest BCUT2D eigenvalue weighted by atomic mass is 16.5. The first kappa shape index (κ1) is 10.1. The van der Waals surface area contributed by atoms with Crippen LogP contribution in [0.1, 0.15) is 32.6 Å². The molecule has 1 spiro atoms. The van der Waals surface area contributed by atoms with Crippen molar-refractivity contribution in [1.29, 1.82) is 0 Å². The highest BCUT2D eigenvalue weighted by Gasteiger charge is 2.54. The van der Waals surface area contributed by atoms with Gasteiger partial charge in [-0.2, -0.15) is 0 Å². The molecule has 3 unspecified atom stereocenters. The van der Waals surface area contributed by atoms with E-state index in [0.29, 0.717) is 0 Å². The zero-order valence-corrected chi connectivity index (χ0v) is 10.0. The second kappa shape index (κ2) is 3.46. The van der Waals surface area contributed by atoms with Gasteiger partial charge in [-0.05, 0) is 50.5 Å². The molecular weight excluding hydrogens is 186 g/mol. The van der Waals surface area contributed by atoms with Crippen LogP contribution in [0.15, 0.2) is 0 Å². The Balaban J connectivity index is 1.80. The van der Waals surface area contributed by atoms with Crippen LogP contribution in [0.25, 0.3) is 0 Å². The van der Waals surface area contributed by atoms with E-state index in [-0.39, 0.29) is 5.60 Å². The summed E-state index contributed by atoms with van der Waals surface area (Å²) in [5.74, 6) is 2.68. The van der Waals surface area contributed by atoms with Crippen molar-refractivity contribution in [3.05, 3.63) is 0 Å². The number of rotatable bonds is 0. The van der Waals surface area contributed by atoms with Gasteiger partial charge in [-0.3, -0.25) is 0 Å². The van der Waals surface area contributed by atoms with E-state index in [2.05, 4.69) is 18.9 Å². The number of ether oxygens (including phenoxy) is 1. The molecule has 3 atom stereocenters. The van der Waals surface area contributed by atoms with E-state index < -0.39 is 0 Å².